The number of nitrogens with zero attached hydrogens (tertiary/aromatic N) is 2. The van der Waals surface area contributed by atoms with Crippen LogP contribution in [0.15, 0.2) is 6.20 Å². The second-order valence-electron chi connectivity index (χ2n) is 3.56. The molecule has 1 unspecified atom stereocenters. The van der Waals surface area contributed by atoms with E-state index in [4.69, 9.17) is 10.5 Å². The van der Waals surface area contributed by atoms with Crippen LogP contribution in [-0.2, 0) is 4.74 Å². The maximum absolute atomic E-state index is 5.57. The lowest BCUT2D eigenvalue weighted by atomic mass is 10.3. The number of rotatable bonds is 2. The van der Waals surface area contributed by atoms with Crippen molar-refractivity contribution in [1.29, 1.82) is 0 Å². The Morgan fingerprint density at radius 1 is 1.79 bits per heavy atom. The van der Waals surface area contributed by atoms with Crippen molar-refractivity contribution in [2.45, 2.75) is 13.0 Å². The molecular formula is C9H16N4O. The average Bonchev–Trinajstić information content (AvgIpc) is 2.65. The topological polar surface area (TPSA) is 67.2 Å². The number of anilines is 1. The van der Waals surface area contributed by atoms with E-state index in [2.05, 4.69) is 14.9 Å². The van der Waals surface area contributed by atoms with Crippen LogP contribution in [0.2, 0.25) is 0 Å². The summed E-state index contributed by atoms with van der Waals surface area (Å²) in [5.74, 6) is 0.921. The van der Waals surface area contributed by atoms with Crippen molar-refractivity contribution < 1.29 is 4.74 Å². The highest BCUT2D eigenvalue weighted by Gasteiger charge is 2.20. The van der Waals surface area contributed by atoms with Gasteiger partial charge in [0.2, 0.25) is 5.95 Å². The van der Waals surface area contributed by atoms with E-state index in [1.54, 1.807) is 0 Å². The number of aromatic amines is 1. The first-order valence-corrected chi connectivity index (χ1v) is 4.88. The monoisotopic (exact) mass is 196 g/mol. The standard InChI is InChI=1S/C9H16N4O/c1-7-5-11-9(12-7)13-2-3-14-8(4-10)6-13/h5,8H,2-4,6,10H2,1H3,(H,11,12). The van der Waals surface area contributed by atoms with E-state index in [0.717, 1.165) is 31.3 Å². The maximum Gasteiger partial charge on any atom is 0.203 e. The fourth-order valence-corrected chi connectivity index (χ4v) is 1.61. The summed E-state index contributed by atoms with van der Waals surface area (Å²) in [5, 5.41) is 0. The molecule has 0 aliphatic carbocycles. The Balaban J connectivity index is 2.04. The van der Waals surface area contributed by atoms with Gasteiger partial charge in [-0.05, 0) is 6.92 Å². The Kier molecular flexibility index (Phi) is 2.69. The van der Waals surface area contributed by atoms with Crippen LogP contribution in [0.5, 0.6) is 0 Å². The minimum atomic E-state index is 0.133. The molecule has 1 saturated heterocycles. The van der Waals surface area contributed by atoms with Gasteiger partial charge >= 0.3 is 0 Å². The number of imidazole rings is 1. The van der Waals surface area contributed by atoms with Crippen LogP contribution in [0.4, 0.5) is 5.95 Å². The Morgan fingerprint density at radius 2 is 2.64 bits per heavy atom. The van der Waals surface area contributed by atoms with E-state index >= 15 is 0 Å². The molecule has 5 nitrogen and oxygen atoms in total. The summed E-state index contributed by atoms with van der Waals surface area (Å²) in [6.45, 7) is 4.99. The quantitative estimate of drug-likeness (QED) is 0.692. The Labute approximate surface area is 83.3 Å². The average molecular weight is 196 g/mol. The lowest BCUT2D eigenvalue weighted by molar-refractivity contribution is 0.0460. The Hall–Kier alpha value is -1.07. The van der Waals surface area contributed by atoms with E-state index in [9.17, 15) is 0 Å². The molecule has 1 aliphatic heterocycles. The highest BCUT2D eigenvalue weighted by atomic mass is 16.5. The second-order valence-corrected chi connectivity index (χ2v) is 3.56. The molecule has 1 fully saturated rings. The van der Waals surface area contributed by atoms with Crippen molar-refractivity contribution in [2.24, 2.45) is 5.73 Å². The number of hydrogen-bond acceptors (Lipinski definition) is 4. The van der Waals surface area contributed by atoms with Gasteiger partial charge in [0.05, 0.1) is 12.7 Å². The van der Waals surface area contributed by atoms with E-state index in [0.29, 0.717) is 6.54 Å². The molecule has 2 heterocycles. The summed E-state index contributed by atoms with van der Waals surface area (Å²) in [5.41, 5.74) is 6.65. The van der Waals surface area contributed by atoms with Crippen molar-refractivity contribution in [3.63, 3.8) is 0 Å². The minimum Gasteiger partial charge on any atom is -0.373 e. The van der Waals surface area contributed by atoms with Crippen molar-refractivity contribution in [3.8, 4) is 0 Å². The molecule has 3 N–H and O–H groups in total. The molecule has 1 aliphatic rings. The molecule has 2 rings (SSSR count). The maximum atomic E-state index is 5.57. The normalized spacial score (nSPS) is 22.7. The highest BCUT2D eigenvalue weighted by Crippen LogP contribution is 2.12. The predicted octanol–water partition coefficient (Wildman–Crippen LogP) is -0.118. The van der Waals surface area contributed by atoms with Gasteiger partial charge in [-0.25, -0.2) is 4.98 Å². The molecule has 0 amide bonds. The van der Waals surface area contributed by atoms with Crippen LogP contribution >= 0.6 is 0 Å². The molecule has 1 aromatic heterocycles. The van der Waals surface area contributed by atoms with Crippen LogP contribution in [-0.4, -0.2) is 42.3 Å². The third-order valence-corrected chi connectivity index (χ3v) is 2.39. The van der Waals surface area contributed by atoms with Gasteiger partial charge in [-0.15, -0.1) is 0 Å². The van der Waals surface area contributed by atoms with Gasteiger partial charge in [0, 0.05) is 31.5 Å². The number of nitrogens with one attached hydrogen (secondary N) is 1. The summed E-state index contributed by atoms with van der Waals surface area (Å²) in [4.78, 5) is 9.67. The summed E-state index contributed by atoms with van der Waals surface area (Å²) in [7, 11) is 0. The molecule has 0 aromatic carbocycles. The summed E-state index contributed by atoms with van der Waals surface area (Å²) >= 11 is 0. The second kappa shape index (κ2) is 3.98. The zero-order chi connectivity index (χ0) is 9.97. The number of H-pyrrole nitrogens is 1. The fraction of sp³-hybridized carbons (Fsp3) is 0.667. The third-order valence-electron chi connectivity index (χ3n) is 2.39. The number of hydrogen-bond donors (Lipinski definition) is 2. The zero-order valence-electron chi connectivity index (χ0n) is 8.36. The fourth-order valence-electron chi connectivity index (χ4n) is 1.61. The number of ether oxygens (including phenoxy) is 1. The van der Waals surface area contributed by atoms with Crippen LogP contribution in [0.1, 0.15) is 5.69 Å². The van der Waals surface area contributed by atoms with Crippen LogP contribution in [0, 0.1) is 6.92 Å². The van der Waals surface area contributed by atoms with Gasteiger partial charge < -0.3 is 20.4 Å². The molecule has 0 bridgehead atoms. The van der Waals surface area contributed by atoms with Crippen molar-refractivity contribution >= 4 is 5.95 Å². The van der Waals surface area contributed by atoms with Crippen molar-refractivity contribution in [1.82, 2.24) is 9.97 Å². The smallest absolute Gasteiger partial charge is 0.203 e. The van der Waals surface area contributed by atoms with E-state index in [1.165, 1.54) is 0 Å². The largest absolute Gasteiger partial charge is 0.373 e. The lowest BCUT2D eigenvalue weighted by Gasteiger charge is -2.32. The number of morpholine rings is 1. The zero-order valence-corrected chi connectivity index (χ0v) is 8.36. The highest BCUT2D eigenvalue weighted by molar-refractivity contribution is 5.31. The SMILES string of the molecule is Cc1cnc(N2CCOC(CN)C2)[nH]1. The first-order valence-electron chi connectivity index (χ1n) is 4.88. The van der Waals surface area contributed by atoms with Crippen LogP contribution < -0.4 is 10.6 Å². The van der Waals surface area contributed by atoms with Gasteiger partial charge in [0.1, 0.15) is 0 Å². The van der Waals surface area contributed by atoms with Crippen molar-refractivity contribution in [2.75, 3.05) is 31.1 Å². The molecule has 0 spiro atoms. The van der Waals surface area contributed by atoms with Crippen LogP contribution in [0.3, 0.4) is 0 Å². The van der Waals surface area contributed by atoms with Gasteiger partial charge in [0.15, 0.2) is 0 Å². The Morgan fingerprint density at radius 3 is 3.29 bits per heavy atom. The van der Waals surface area contributed by atoms with Gasteiger partial charge in [-0.2, -0.15) is 0 Å². The minimum absolute atomic E-state index is 0.133. The molecule has 5 heteroatoms. The molecule has 14 heavy (non-hydrogen) atoms. The predicted molar refractivity (Wildman–Crippen MR) is 54.3 cm³/mol. The van der Waals surface area contributed by atoms with Crippen LogP contribution in [0.25, 0.3) is 0 Å². The molecular weight excluding hydrogens is 180 g/mol. The summed E-state index contributed by atoms with van der Waals surface area (Å²) < 4.78 is 5.48. The lowest BCUT2D eigenvalue weighted by Crippen LogP contribution is -2.46. The number of aryl methyl sites for hydroxylation is 1. The molecule has 78 valence electrons. The number of nitrogens with two attached hydrogens (primary N) is 1. The van der Waals surface area contributed by atoms with E-state index < -0.39 is 0 Å². The molecule has 1 atom stereocenters. The number of aromatic nitrogens is 2. The van der Waals surface area contributed by atoms with Gasteiger partial charge in [-0.1, -0.05) is 0 Å². The molecule has 0 radical (unpaired) electrons. The summed E-state index contributed by atoms with van der Waals surface area (Å²) in [6.07, 6.45) is 1.97. The Bertz CT molecular complexity index is 299. The van der Waals surface area contributed by atoms with Gasteiger partial charge in [0.25, 0.3) is 0 Å². The molecule has 1 aromatic rings. The van der Waals surface area contributed by atoms with E-state index in [1.807, 2.05) is 13.1 Å². The molecule has 0 saturated carbocycles. The van der Waals surface area contributed by atoms with Gasteiger partial charge in [-0.3, -0.25) is 0 Å². The first kappa shape index (κ1) is 9.48. The first-order chi connectivity index (χ1) is 6.79. The van der Waals surface area contributed by atoms with Crippen molar-refractivity contribution in [3.05, 3.63) is 11.9 Å². The third kappa shape index (κ3) is 1.88. The summed E-state index contributed by atoms with van der Waals surface area (Å²) in [6, 6.07) is 0. The van der Waals surface area contributed by atoms with E-state index in [-0.39, 0.29) is 6.10 Å².